The molecule has 3 aromatic rings. The van der Waals surface area contributed by atoms with Gasteiger partial charge in [0.05, 0.1) is 10.6 Å². The molecule has 4 rings (SSSR count). The maximum absolute atomic E-state index is 12.7. The molecule has 3 heterocycles. The van der Waals surface area contributed by atoms with Gasteiger partial charge in [-0.25, -0.2) is 0 Å². The highest BCUT2D eigenvalue weighted by molar-refractivity contribution is 7.99. The van der Waals surface area contributed by atoms with Gasteiger partial charge in [0.2, 0.25) is 23.2 Å². The lowest BCUT2D eigenvalue weighted by Crippen LogP contribution is -2.35. The molecule has 0 radical (unpaired) electrons. The van der Waals surface area contributed by atoms with Crippen molar-refractivity contribution in [2.75, 3.05) is 10.7 Å². The van der Waals surface area contributed by atoms with E-state index in [-0.39, 0.29) is 5.91 Å². The molecule has 0 fully saturated rings. The maximum Gasteiger partial charge on any atom is 0.247 e. The van der Waals surface area contributed by atoms with Crippen molar-refractivity contribution in [3.63, 3.8) is 0 Å². The zero-order valence-electron chi connectivity index (χ0n) is 15.9. The first-order valence-electron chi connectivity index (χ1n) is 9.07. The highest BCUT2D eigenvalue weighted by Gasteiger charge is 2.35. The van der Waals surface area contributed by atoms with Crippen molar-refractivity contribution in [1.82, 2.24) is 15.2 Å². The third-order valence-electron chi connectivity index (χ3n) is 4.41. The van der Waals surface area contributed by atoms with Gasteiger partial charge in [0, 0.05) is 18.2 Å². The average molecular weight is 413 g/mol. The molecular weight excluding hydrogens is 392 g/mol. The average Bonchev–Trinajstić information content (AvgIpc) is 3.05. The molecule has 0 saturated heterocycles. The number of rotatable bonds is 4. The van der Waals surface area contributed by atoms with Gasteiger partial charge in [-0.15, -0.1) is 21.5 Å². The standard InChI is InChI=1S/C20H20N4O2S2/c1-4-10-28-20-21-18-16(22-23-20)14-7-5-6-8-15(14)24(13(3)25)19(26-18)17-12(2)9-11-27-17/h5-9,11,19H,4,10H2,1-3H3. The Morgan fingerprint density at radius 2 is 2.11 bits per heavy atom. The van der Waals surface area contributed by atoms with E-state index in [0.29, 0.717) is 16.7 Å². The van der Waals surface area contributed by atoms with Crippen molar-refractivity contribution in [3.8, 4) is 17.1 Å². The summed E-state index contributed by atoms with van der Waals surface area (Å²) in [5.41, 5.74) is 3.16. The van der Waals surface area contributed by atoms with E-state index in [9.17, 15) is 4.79 Å². The van der Waals surface area contributed by atoms with Crippen LogP contribution in [0.1, 0.15) is 36.9 Å². The quantitative estimate of drug-likeness (QED) is 0.570. The van der Waals surface area contributed by atoms with Gasteiger partial charge in [0.15, 0.2) is 5.69 Å². The van der Waals surface area contributed by atoms with E-state index in [1.807, 2.05) is 42.6 Å². The molecule has 0 aliphatic carbocycles. The van der Waals surface area contributed by atoms with Gasteiger partial charge in [-0.1, -0.05) is 36.9 Å². The third-order valence-corrected chi connectivity index (χ3v) is 6.51. The van der Waals surface area contributed by atoms with Crippen LogP contribution in [0, 0.1) is 6.92 Å². The van der Waals surface area contributed by atoms with Crippen LogP contribution in [0.4, 0.5) is 5.69 Å². The Labute approximate surface area is 172 Å². The molecule has 1 aliphatic rings. The Bertz CT molecular complexity index is 1020. The van der Waals surface area contributed by atoms with Crippen molar-refractivity contribution in [2.24, 2.45) is 0 Å². The van der Waals surface area contributed by atoms with Crippen molar-refractivity contribution >= 4 is 34.7 Å². The molecule has 1 amide bonds. The zero-order chi connectivity index (χ0) is 19.7. The minimum absolute atomic E-state index is 0.105. The van der Waals surface area contributed by atoms with Crippen LogP contribution in [0.15, 0.2) is 40.9 Å². The lowest BCUT2D eigenvalue weighted by atomic mass is 10.1. The van der Waals surface area contributed by atoms with E-state index >= 15 is 0 Å². The van der Waals surface area contributed by atoms with Crippen LogP contribution in [0.5, 0.6) is 5.88 Å². The summed E-state index contributed by atoms with van der Waals surface area (Å²) >= 11 is 3.11. The van der Waals surface area contributed by atoms with Crippen molar-refractivity contribution in [1.29, 1.82) is 0 Å². The number of aromatic nitrogens is 3. The fraction of sp³-hybridized carbons (Fsp3) is 0.300. The van der Waals surface area contributed by atoms with E-state index in [0.717, 1.165) is 33.9 Å². The van der Waals surface area contributed by atoms with Crippen LogP contribution < -0.4 is 9.64 Å². The number of amides is 1. The predicted octanol–water partition coefficient (Wildman–Crippen LogP) is 4.85. The van der Waals surface area contributed by atoms with E-state index in [4.69, 9.17) is 4.74 Å². The van der Waals surface area contributed by atoms with Gasteiger partial charge in [-0.05, 0) is 36.4 Å². The van der Waals surface area contributed by atoms with Gasteiger partial charge in [0.1, 0.15) is 0 Å². The fourth-order valence-corrected chi connectivity index (χ4v) is 4.69. The normalized spacial score (nSPS) is 15.4. The number of nitrogens with zero attached hydrogens (tertiary/aromatic N) is 4. The van der Waals surface area contributed by atoms with Crippen LogP contribution in [0.2, 0.25) is 0 Å². The summed E-state index contributed by atoms with van der Waals surface area (Å²) in [5, 5.41) is 11.3. The van der Waals surface area contributed by atoms with Crippen molar-refractivity contribution in [2.45, 2.75) is 38.6 Å². The summed E-state index contributed by atoms with van der Waals surface area (Å²) in [6.07, 6.45) is 0.421. The lowest BCUT2D eigenvalue weighted by Gasteiger charge is -2.29. The summed E-state index contributed by atoms with van der Waals surface area (Å²) in [5.74, 6) is 1.21. The SMILES string of the molecule is CCCSc1nnc2c(n1)OC(c1sccc1C)N(C(C)=O)c1ccccc1-2. The minimum atomic E-state index is -0.597. The zero-order valence-corrected chi connectivity index (χ0v) is 17.5. The second-order valence-corrected chi connectivity index (χ2v) is 8.45. The number of benzene rings is 1. The van der Waals surface area contributed by atoms with Gasteiger partial charge in [-0.3, -0.25) is 9.69 Å². The lowest BCUT2D eigenvalue weighted by molar-refractivity contribution is -0.118. The summed E-state index contributed by atoms with van der Waals surface area (Å²) in [4.78, 5) is 20.0. The second kappa shape index (κ2) is 7.89. The van der Waals surface area contributed by atoms with Crippen molar-refractivity contribution < 1.29 is 9.53 Å². The number of carbonyl (C=O) groups excluding carboxylic acids is 1. The van der Waals surface area contributed by atoms with Crippen LogP contribution in [-0.4, -0.2) is 26.8 Å². The Hall–Kier alpha value is -2.45. The number of carbonyl (C=O) groups is 1. The van der Waals surface area contributed by atoms with Crippen LogP contribution in [0.3, 0.4) is 0 Å². The highest BCUT2D eigenvalue weighted by Crippen LogP contribution is 2.44. The van der Waals surface area contributed by atoms with E-state index in [1.54, 1.807) is 34.9 Å². The molecule has 0 N–H and O–H groups in total. The molecule has 2 aromatic heterocycles. The molecule has 0 saturated carbocycles. The molecule has 28 heavy (non-hydrogen) atoms. The van der Waals surface area contributed by atoms with E-state index in [2.05, 4.69) is 22.1 Å². The highest BCUT2D eigenvalue weighted by atomic mass is 32.2. The second-order valence-electron chi connectivity index (χ2n) is 6.44. The summed E-state index contributed by atoms with van der Waals surface area (Å²) in [6.45, 7) is 5.68. The van der Waals surface area contributed by atoms with E-state index in [1.165, 1.54) is 0 Å². The van der Waals surface area contributed by atoms with Crippen LogP contribution >= 0.6 is 23.1 Å². The Morgan fingerprint density at radius 1 is 1.29 bits per heavy atom. The molecule has 1 atom stereocenters. The largest absolute Gasteiger partial charge is 0.446 e. The monoisotopic (exact) mass is 412 g/mol. The van der Waals surface area contributed by atoms with Crippen LogP contribution in [0.25, 0.3) is 11.3 Å². The summed E-state index contributed by atoms with van der Waals surface area (Å²) in [6, 6.07) is 9.68. The number of thiophene rings is 1. The van der Waals surface area contributed by atoms with Gasteiger partial charge < -0.3 is 4.74 Å². The van der Waals surface area contributed by atoms with Crippen LogP contribution in [-0.2, 0) is 4.79 Å². The molecule has 1 aromatic carbocycles. The van der Waals surface area contributed by atoms with E-state index < -0.39 is 6.23 Å². The van der Waals surface area contributed by atoms with Crippen molar-refractivity contribution in [3.05, 3.63) is 46.2 Å². The summed E-state index contributed by atoms with van der Waals surface area (Å²) < 4.78 is 6.35. The first-order chi connectivity index (χ1) is 13.6. The number of fused-ring (bicyclic) bond motifs is 3. The topological polar surface area (TPSA) is 68.2 Å². The smallest absolute Gasteiger partial charge is 0.247 e. The first kappa shape index (κ1) is 18.9. The molecule has 1 aliphatic heterocycles. The molecular formula is C20H20N4O2S2. The van der Waals surface area contributed by atoms with Gasteiger partial charge in [-0.2, -0.15) is 4.98 Å². The number of ether oxygens (including phenoxy) is 1. The minimum Gasteiger partial charge on any atom is -0.446 e. The number of hydrogen-bond acceptors (Lipinski definition) is 7. The number of hydrogen-bond donors (Lipinski definition) is 0. The molecule has 8 heteroatoms. The Balaban J connectivity index is 1.91. The van der Waals surface area contributed by atoms with Gasteiger partial charge >= 0.3 is 0 Å². The number of para-hydroxylation sites is 1. The molecule has 0 bridgehead atoms. The summed E-state index contributed by atoms with van der Waals surface area (Å²) in [7, 11) is 0. The molecule has 6 nitrogen and oxygen atoms in total. The maximum atomic E-state index is 12.7. The first-order valence-corrected chi connectivity index (χ1v) is 10.9. The number of anilines is 1. The molecule has 144 valence electrons. The molecule has 0 spiro atoms. The number of thioether (sulfide) groups is 1. The third kappa shape index (κ3) is 3.38. The predicted molar refractivity (Wildman–Crippen MR) is 112 cm³/mol. The fourth-order valence-electron chi connectivity index (χ4n) is 3.12. The molecule has 1 unspecified atom stereocenters. The number of aryl methyl sites for hydroxylation is 1. The Kier molecular flexibility index (Phi) is 5.32. The van der Waals surface area contributed by atoms with Gasteiger partial charge in [0.25, 0.3) is 0 Å². The Morgan fingerprint density at radius 3 is 2.82 bits per heavy atom.